The van der Waals surface area contributed by atoms with Crippen molar-refractivity contribution >= 4 is 0 Å². The van der Waals surface area contributed by atoms with Crippen LogP contribution in [0.4, 0.5) is 13.2 Å². The molecule has 0 aliphatic heterocycles. The Hall–Kier alpha value is -0.990. The summed E-state index contributed by atoms with van der Waals surface area (Å²) in [4.78, 5) is 0. The predicted octanol–water partition coefficient (Wildman–Crippen LogP) is 2.99. The van der Waals surface area contributed by atoms with Crippen molar-refractivity contribution in [2.45, 2.75) is 12.6 Å². The Kier molecular flexibility index (Phi) is 1.89. The Labute approximate surface area is 62.7 Å². The fourth-order valence-electron chi connectivity index (χ4n) is 0.858. The molecule has 0 aromatic rings. The lowest BCUT2D eigenvalue weighted by Gasteiger charge is -2.13. The number of hydrogen-bond acceptors (Lipinski definition) is 0. The lowest BCUT2D eigenvalue weighted by atomic mass is 10.0. The Morgan fingerprint density at radius 1 is 1.36 bits per heavy atom. The van der Waals surface area contributed by atoms with E-state index in [1.54, 1.807) is 6.08 Å². The van der Waals surface area contributed by atoms with Crippen molar-refractivity contribution in [3.05, 3.63) is 36.0 Å². The summed E-state index contributed by atoms with van der Waals surface area (Å²) in [5, 5.41) is 0. The van der Waals surface area contributed by atoms with E-state index in [0.717, 1.165) is 6.08 Å². The molecule has 60 valence electrons. The van der Waals surface area contributed by atoms with Crippen LogP contribution in [0.5, 0.6) is 0 Å². The van der Waals surface area contributed by atoms with E-state index in [1.165, 1.54) is 6.08 Å². The van der Waals surface area contributed by atoms with Crippen molar-refractivity contribution in [1.82, 2.24) is 0 Å². The molecule has 0 spiro atoms. The van der Waals surface area contributed by atoms with Gasteiger partial charge in [0.1, 0.15) is 0 Å². The van der Waals surface area contributed by atoms with Crippen molar-refractivity contribution in [3.8, 4) is 0 Å². The first kappa shape index (κ1) is 8.11. The normalized spacial score (nSPS) is 18.5. The van der Waals surface area contributed by atoms with Crippen LogP contribution < -0.4 is 0 Å². The number of hydrogen-bond donors (Lipinski definition) is 0. The first-order valence-electron chi connectivity index (χ1n) is 3.12. The van der Waals surface area contributed by atoms with Gasteiger partial charge in [0.15, 0.2) is 0 Å². The van der Waals surface area contributed by atoms with E-state index in [-0.39, 0.29) is 6.42 Å². The monoisotopic (exact) mass is 160 g/mol. The molecule has 0 radical (unpaired) electrons. The van der Waals surface area contributed by atoms with Crippen molar-refractivity contribution in [3.63, 3.8) is 0 Å². The van der Waals surface area contributed by atoms with Gasteiger partial charge in [-0.15, -0.1) is 0 Å². The van der Waals surface area contributed by atoms with Crippen molar-refractivity contribution in [2.24, 2.45) is 0 Å². The minimum atomic E-state index is -4.20. The summed E-state index contributed by atoms with van der Waals surface area (Å²) in [6.07, 6.45) is -0.258. The smallest absolute Gasteiger partial charge is 0.166 e. The summed E-state index contributed by atoms with van der Waals surface area (Å²) in [5.41, 5.74) is -0.0233. The molecule has 0 atom stereocenters. The second kappa shape index (κ2) is 2.57. The fourth-order valence-corrected chi connectivity index (χ4v) is 0.858. The minimum Gasteiger partial charge on any atom is -0.166 e. The first-order chi connectivity index (χ1) is 5.00. The van der Waals surface area contributed by atoms with Crippen LogP contribution in [0.25, 0.3) is 0 Å². The lowest BCUT2D eigenvalue weighted by Crippen LogP contribution is -2.13. The molecule has 0 saturated carbocycles. The molecule has 0 fully saturated rings. The lowest BCUT2D eigenvalue weighted by molar-refractivity contribution is -0.0931. The maximum Gasteiger partial charge on any atom is 0.413 e. The highest BCUT2D eigenvalue weighted by Crippen LogP contribution is 2.32. The standard InChI is InChI=1S/C8H7F3/c1-6-3-2-4-7(5-6)8(9,10)11/h2-4H,1,5H2. The molecule has 0 bridgehead atoms. The molecule has 0 saturated heterocycles. The van der Waals surface area contributed by atoms with Gasteiger partial charge in [0.05, 0.1) is 0 Å². The summed E-state index contributed by atoms with van der Waals surface area (Å²) in [5.74, 6) is 0. The highest BCUT2D eigenvalue weighted by atomic mass is 19.4. The van der Waals surface area contributed by atoms with E-state index >= 15 is 0 Å². The number of rotatable bonds is 0. The summed E-state index contributed by atoms with van der Waals surface area (Å²) in [6.45, 7) is 3.45. The van der Waals surface area contributed by atoms with Crippen LogP contribution in [-0.4, -0.2) is 6.18 Å². The molecule has 0 N–H and O–H groups in total. The summed E-state index contributed by atoms with van der Waals surface area (Å²) >= 11 is 0. The molecule has 0 nitrogen and oxygen atoms in total. The number of alkyl halides is 3. The van der Waals surface area contributed by atoms with Gasteiger partial charge in [-0.1, -0.05) is 30.4 Å². The van der Waals surface area contributed by atoms with Gasteiger partial charge in [0.2, 0.25) is 0 Å². The van der Waals surface area contributed by atoms with Gasteiger partial charge >= 0.3 is 6.18 Å². The second-order valence-electron chi connectivity index (χ2n) is 2.38. The molecule has 0 aromatic carbocycles. The molecule has 1 aliphatic carbocycles. The van der Waals surface area contributed by atoms with E-state index in [2.05, 4.69) is 6.58 Å². The highest BCUT2D eigenvalue weighted by Gasteiger charge is 2.33. The summed E-state index contributed by atoms with van der Waals surface area (Å²) < 4.78 is 35.9. The topological polar surface area (TPSA) is 0 Å². The SMILES string of the molecule is C=C1C=CC=C(C(F)(F)F)C1. The van der Waals surface area contributed by atoms with Gasteiger partial charge in [-0.3, -0.25) is 0 Å². The quantitative estimate of drug-likeness (QED) is 0.511. The molecule has 11 heavy (non-hydrogen) atoms. The Bertz CT molecular complexity index is 230. The predicted molar refractivity (Wildman–Crippen MR) is 37.0 cm³/mol. The third kappa shape index (κ3) is 1.97. The third-order valence-electron chi connectivity index (χ3n) is 1.41. The van der Waals surface area contributed by atoms with Gasteiger partial charge in [-0.05, 0) is 0 Å². The zero-order valence-corrected chi connectivity index (χ0v) is 5.78. The van der Waals surface area contributed by atoms with Gasteiger partial charge < -0.3 is 0 Å². The molecule has 0 unspecified atom stereocenters. The van der Waals surface area contributed by atoms with Crippen LogP contribution in [-0.2, 0) is 0 Å². The number of halogens is 3. The van der Waals surface area contributed by atoms with E-state index in [9.17, 15) is 13.2 Å². The molecule has 0 heterocycles. The second-order valence-corrected chi connectivity index (χ2v) is 2.38. The first-order valence-corrected chi connectivity index (χ1v) is 3.12. The van der Waals surface area contributed by atoms with Gasteiger partial charge in [0.25, 0.3) is 0 Å². The largest absolute Gasteiger partial charge is 0.413 e. The minimum absolute atomic E-state index is 0.0833. The van der Waals surface area contributed by atoms with Crippen LogP contribution in [0.3, 0.4) is 0 Å². The average molecular weight is 160 g/mol. The Morgan fingerprint density at radius 2 is 2.00 bits per heavy atom. The van der Waals surface area contributed by atoms with Gasteiger partial charge in [-0.2, -0.15) is 13.2 Å². The van der Waals surface area contributed by atoms with Crippen LogP contribution >= 0.6 is 0 Å². The van der Waals surface area contributed by atoms with E-state index in [1.807, 2.05) is 0 Å². The summed E-state index contributed by atoms with van der Waals surface area (Å²) in [6, 6.07) is 0. The Morgan fingerprint density at radius 3 is 2.36 bits per heavy atom. The maximum atomic E-state index is 12.0. The molecule has 1 rings (SSSR count). The van der Waals surface area contributed by atoms with E-state index < -0.39 is 11.7 Å². The fraction of sp³-hybridized carbons (Fsp3) is 0.250. The molecule has 1 aliphatic rings. The van der Waals surface area contributed by atoms with Crippen LogP contribution in [0.1, 0.15) is 6.42 Å². The number of allylic oxidation sites excluding steroid dienone is 5. The van der Waals surface area contributed by atoms with Crippen molar-refractivity contribution < 1.29 is 13.2 Å². The molecule has 0 aromatic heterocycles. The molecule has 3 heteroatoms. The van der Waals surface area contributed by atoms with Gasteiger partial charge in [0, 0.05) is 12.0 Å². The Balaban J connectivity index is 2.83. The van der Waals surface area contributed by atoms with Crippen LogP contribution in [0.2, 0.25) is 0 Å². The zero-order valence-electron chi connectivity index (χ0n) is 5.78. The maximum absolute atomic E-state index is 12.0. The van der Waals surface area contributed by atoms with Gasteiger partial charge in [-0.25, -0.2) is 0 Å². The van der Waals surface area contributed by atoms with Crippen molar-refractivity contribution in [1.29, 1.82) is 0 Å². The molecule has 0 amide bonds. The van der Waals surface area contributed by atoms with Crippen LogP contribution in [0.15, 0.2) is 36.0 Å². The highest BCUT2D eigenvalue weighted by molar-refractivity contribution is 5.34. The zero-order chi connectivity index (χ0) is 8.48. The van der Waals surface area contributed by atoms with E-state index in [0.29, 0.717) is 5.57 Å². The van der Waals surface area contributed by atoms with Crippen LogP contribution in [0, 0.1) is 0 Å². The van der Waals surface area contributed by atoms with Crippen molar-refractivity contribution in [2.75, 3.05) is 0 Å². The van der Waals surface area contributed by atoms with E-state index in [4.69, 9.17) is 0 Å². The third-order valence-corrected chi connectivity index (χ3v) is 1.41. The molecular formula is C8H7F3. The molecular weight excluding hydrogens is 153 g/mol. The average Bonchev–Trinajstić information content (AvgIpc) is 1.86. The summed E-state index contributed by atoms with van der Waals surface area (Å²) in [7, 11) is 0.